The van der Waals surface area contributed by atoms with Crippen LogP contribution in [0.2, 0.25) is 5.02 Å². The minimum Gasteiger partial charge on any atom is -0.372 e. The summed E-state index contributed by atoms with van der Waals surface area (Å²) in [5, 5.41) is 5.69. The van der Waals surface area contributed by atoms with Crippen molar-refractivity contribution in [1.82, 2.24) is 19.7 Å². The number of pyridine rings is 1. The summed E-state index contributed by atoms with van der Waals surface area (Å²) in [6, 6.07) is 9.74. The van der Waals surface area contributed by atoms with Gasteiger partial charge in [-0.1, -0.05) is 29.8 Å². The summed E-state index contributed by atoms with van der Waals surface area (Å²) < 4.78 is 7.47. The molecule has 0 spiro atoms. The number of carbonyl (C=O) groups excluding carboxylic acids is 1. The van der Waals surface area contributed by atoms with Crippen LogP contribution in [-0.4, -0.2) is 50.9 Å². The largest absolute Gasteiger partial charge is 0.372 e. The molecule has 3 heterocycles. The van der Waals surface area contributed by atoms with Crippen molar-refractivity contribution in [2.75, 3.05) is 13.1 Å². The highest BCUT2D eigenvalue weighted by atomic mass is 35.5. The summed E-state index contributed by atoms with van der Waals surface area (Å²) in [5.74, 6) is -0.122. The number of hydrogen-bond acceptors (Lipinski definition) is 4. The summed E-state index contributed by atoms with van der Waals surface area (Å²) in [4.78, 5) is 19.4. The van der Waals surface area contributed by atoms with Gasteiger partial charge in [-0.15, -0.1) is 0 Å². The van der Waals surface area contributed by atoms with Gasteiger partial charge in [0, 0.05) is 19.3 Å². The monoisotopic (exact) mass is 384 g/mol. The highest BCUT2D eigenvalue weighted by Gasteiger charge is 2.29. The molecule has 0 saturated carbocycles. The molecule has 2 atom stereocenters. The van der Waals surface area contributed by atoms with Crippen molar-refractivity contribution >= 4 is 28.5 Å². The molecule has 1 aromatic carbocycles. The van der Waals surface area contributed by atoms with E-state index >= 15 is 0 Å². The van der Waals surface area contributed by atoms with Crippen LogP contribution in [0.15, 0.2) is 36.5 Å². The Hall–Kier alpha value is -2.44. The lowest BCUT2D eigenvalue weighted by molar-refractivity contribution is -0.0586. The first-order valence-electron chi connectivity index (χ1n) is 8.99. The van der Waals surface area contributed by atoms with Crippen molar-refractivity contribution in [3.8, 4) is 5.69 Å². The second-order valence-electron chi connectivity index (χ2n) is 6.98. The van der Waals surface area contributed by atoms with Crippen molar-refractivity contribution in [2.45, 2.75) is 33.0 Å². The second-order valence-corrected chi connectivity index (χ2v) is 7.36. The topological polar surface area (TPSA) is 60.2 Å². The van der Waals surface area contributed by atoms with Crippen LogP contribution in [0, 0.1) is 6.92 Å². The number of rotatable bonds is 2. The number of hydrogen-bond donors (Lipinski definition) is 0. The van der Waals surface area contributed by atoms with Gasteiger partial charge in [0.05, 0.1) is 39.6 Å². The van der Waals surface area contributed by atoms with Gasteiger partial charge in [0.25, 0.3) is 5.91 Å². The molecule has 1 saturated heterocycles. The molecular formula is C20H21ClN4O2. The Morgan fingerprint density at radius 3 is 2.52 bits per heavy atom. The van der Waals surface area contributed by atoms with Gasteiger partial charge in [-0.05, 0) is 32.9 Å². The molecule has 1 aliphatic heterocycles. The van der Waals surface area contributed by atoms with Crippen LogP contribution in [0.3, 0.4) is 0 Å². The van der Waals surface area contributed by atoms with E-state index in [1.807, 2.05) is 51.1 Å². The number of morpholine rings is 1. The van der Waals surface area contributed by atoms with Crippen molar-refractivity contribution in [3.05, 3.63) is 52.8 Å². The van der Waals surface area contributed by atoms with Crippen molar-refractivity contribution < 1.29 is 9.53 Å². The molecule has 6 nitrogen and oxygen atoms in total. The van der Waals surface area contributed by atoms with Gasteiger partial charge in [0.15, 0.2) is 5.65 Å². The van der Waals surface area contributed by atoms with Gasteiger partial charge < -0.3 is 9.64 Å². The van der Waals surface area contributed by atoms with Gasteiger partial charge in [-0.3, -0.25) is 4.79 Å². The zero-order chi connectivity index (χ0) is 19.1. The first-order valence-corrected chi connectivity index (χ1v) is 9.37. The van der Waals surface area contributed by atoms with Crippen LogP contribution in [-0.2, 0) is 4.74 Å². The van der Waals surface area contributed by atoms with Crippen LogP contribution in [0.4, 0.5) is 0 Å². The van der Waals surface area contributed by atoms with E-state index in [1.165, 1.54) is 0 Å². The molecule has 0 aliphatic carbocycles. The second kappa shape index (κ2) is 6.94. The Bertz CT molecular complexity index is 992. The van der Waals surface area contributed by atoms with E-state index in [1.54, 1.807) is 15.8 Å². The first kappa shape index (κ1) is 17.9. The lowest BCUT2D eigenvalue weighted by Gasteiger charge is -2.35. The summed E-state index contributed by atoms with van der Waals surface area (Å²) in [6.45, 7) is 6.89. The Morgan fingerprint density at radius 2 is 1.85 bits per heavy atom. The van der Waals surface area contributed by atoms with E-state index in [0.717, 1.165) is 11.4 Å². The number of carbonyl (C=O) groups is 1. The van der Waals surface area contributed by atoms with E-state index < -0.39 is 0 Å². The molecule has 7 heteroatoms. The molecule has 1 aliphatic rings. The molecule has 0 bridgehead atoms. The number of aromatic nitrogens is 3. The van der Waals surface area contributed by atoms with Gasteiger partial charge >= 0.3 is 0 Å². The van der Waals surface area contributed by atoms with E-state index in [2.05, 4.69) is 10.1 Å². The van der Waals surface area contributed by atoms with Crippen LogP contribution in [0.5, 0.6) is 0 Å². The maximum atomic E-state index is 13.1. The number of fused-ring (bicyclic) bond motifs is 1. The Kier molecular flexibility index (Phi) is 4.61. The molecule has 0 radical (unpaired) electrons. The fourth-order valence-electron chi connectivity index (χ4n) is 3.62. The Labute approximate surface area is 162 Å². The maximum absolute atomic E-state index is 13.1. The third kappa shape index (κ3) is 3.19. The number of benzene rings is 1. The molecule has 0 N–H and O–H groups in total. The lowest BCUT2D eigenvalue weighted by atomic mass is 10.1. The number of nitrogens with zero attached hydrogens (tertiary/aromatic N) is 4. The van der Waals surface area contributed by atoms with E-state index in [-0.39, 0.29) is 18.1 Å². The van der Waals surface area contributed by atoms with E-state index in [0.29, 0.717) is 34.7 Å². The molecule has 140 valence electrons. The molecule has 2 aromatic heterocycles. The normalized spacial score (nSPS) is 20.2. The van der Waals surface area contributed by atoms with Crippen LogP contribution in [0.25, 0.3) is 16.7 Å². The minimum absolute atomic E-state index is 0.00395. The third-order valence-corrected chi connectivity index (χ3v) is 5.14. The molecule has 27 heavy (non-hydrogen) atoms. The van der Waals surface area contributed by atoms with Gasteiger partial charge in [-0.2, -0.15) is 5.10 Å². The number of ether oxygens (including phenoxy) is 1. The van der Waals surface area contributed by atoms with Crippen molar-refractivity contribution in [1.29, 1.82) is 0 Å². The minimum atomic E-state index is -0.122. The predicted molar refractivity (Wildman–Crippen MR) is 105 cm³/mol. The summed E-state index contributed by atoms with van der Waals surface area (Å²) in [5.41, 5.74) is 2.68. The zero-order valence-electron chi connectivity index (χ0n) is 15.5. The van der Waals surface area contributed by atoms with Gasteiger partial charge in [0.1, 0.15) is 0 Å². The van der Waals surface area contributed by atoms with Crippen LogP contribution >= 0.6 is 11.6 Å². The Balaban J connectivity index is 1.77. The van der Waals surface area contributed by atoms with Crippen LogP contribution in [0.1, 0.15) is 29.9 Å². The number of amides is 1. The highest BCUT2D eigenvalue weighted by Crippen LogP contribution is 2.31. The summed E-state index contributed by atoms with van der Waals surface area (Å²) in [7, 11) is 0. The third-order valence-electron chi connectivity index (χ3n) is 4.75. The average molecular weight is 385 g/mol. The lowest BCUT2D eigenvalue weighted by Crippen LogP contribution is -2.48. The fraction of sp³-hybridized carbons (Fsp3) is 0.350. The van der Waals surface area contributed by atoms with Gasteiger partial charge in [0.2, 0.25) is 0 Å². The number of halogens is 1. The standard InChI is InChI=1S/C20H21ClN4O2/c1-12-10-24(11-13(2)27-12)20(26)16-9-22-19-17(18(16)21)14(3)23-25(19)15-7-5-4-6-8-15/h4-9,12-13H,10-11H2,1-3H3/t12-,13-/m0/s1. The molecular weight excluding hydrogens is 364 g/mol. The van der Waals surface area contributed by atoms with E-state index in [4.69, 9.17) is 16.3 Å². The fourth-order valence-corrected chi connectivity index (χ4v) is 3.97. The molecule has 4 rings (SSSR count). The maximum Gasteiger partial charge on any atom is 0.257 e. The summed E-state index contributed by atoms with van der Waals surface area (Å²) >= 11 is 6.66. The van der Waals surface area contributed by atoms with Crippen molar-refractivity contribution in [2.24, 2.45) is 0 Å². The SMILES string of the molecule is Cc1nn(-c2ccccc2)c2ncc(C(=O)N3C[C@H](C)O[C@@H](C)C3)c(Cl)c12. The molecule has 1 amide bonds. The first-order chi connectivity index (χ1) is 13.0. The molecule has 3 aromatic rings. The smallest absolute Gasteiger partial charge is 0.257 e. The van der Waals surface area contributed by atoms with E-state index in [9.17, 15) is 4.79 Å². The van der Waals surface area contributed by atoms with Crippen LogP contribution < -0.4 is 0 Å². The number of para-hydroxylation sites is 1. The molecule has 1 fully saturated rings. The number of aryl methyl sites for hydroxylation is 1. The average Bonchev–Trinajstić information content (AvgIpc) is 2.99. The van der Waals surface area contributed by atoms with Crippen molar-refractivity contribution in [3.63, 3.8) is 0 Å². The van der Waals surface area contributed by atoms with Gasteiger partial charge in [-0.25, -0.2) is 9.67 Å². The molecule has 0 unspecified atom stereocenters. The highest BCUT2D eigenvalue weighted by molar-refractivity contribution is 6.38. The predicted octanol–water partition coefficient (Wildman–Crippen LogP) is 3.63. The quantitative estimate of drug-likeness (QED) is 0.677. The zero-order valence-corrected chi connectivity index (χ0v) is 16.3. The Morgan fingerprint density at radius 1 is 1.19 bits per heavy atom. The summed E-state index contributed by atoms with van der Waals surface area (Å²) in [6.07, 6.45) is 1.55.